The highest BCUT2D eigenvalue weighted by Crippen LogP contribution is 2.29. The summed E-state index contributed by atoms with van der Waals surface area (Å²) < 4.78 is 10.1. The van der Waals surface area contributed by atoms with Crippen molar-refractivity contribution in [1.82, 2.24) is 20.0 Å². The van der Waals surface area contributed by atoms with Crippen molar-refractivity contribution in [2.24, 2.45) is 0 Å². The van der Waals surface area contributed by atoms with Crippen LogP contribution in [0.15, 0.2) is 28.8 Å². The third kappa shape index (κ3) is 4.07. The molecule has 0 bridgehead atoms. The van der Waals surface area contributed by atoms with Crippen LogP contribution >= 0.6 is 0 Å². The van der Waals surface area contributed by atoms with Gasteiger partial charge in [0.25, 0.3) is 0 Å². The van der Waals surface area contributed by atoms with Gasteiger partial charge in [0.05, 0.1) is 29.9 Å². The van der Waals surface area contributed by atoms with E-state index in [0.29, 0.717) is 30.1 Å². The number of hydrogen-bond acceptors (Lipinski definition) is 9. The molecule has 1 aliphatic heterocycles. The largest absolute Gasteiger partial charge is 0.468 e. The number of nitriles is 1. The summed E-state index contributed by atoms with van der Waals surface area (Å²) in [6, 6.07) is 9.48. The number of ether oxygens (including phenoxy) is 1. The molecule has 1 atom stereocenters. The number of fused-ring (bicyclic) bond motifs is 1. The maximum absolute atomic E-state index is 12.3. The van der Waals surface area contributed by atoms with Gasteiger partial charge < -0.3 is 14.2 Å². The fourth-order valence-electron chi connectivity index (χ4n) is 3.84. The maximum atomic E-state index is 12.3. The van der Waals surface area contributed by atoms with Crippen LogP contribution in [0.25, 0.3) is 11.0 Å². The lowest BCUT2D eigenvalue weighted by molar-refractivity contribution is -0.141. The number of piperazine rings is 1. The Morgan fingerprint density at radius 1 is 1.19 bits per heavy atom. The van der Waals surface area contributed by atoms with Crippen LogP contribution in [0.3, 0.4) is 0 Å². The van der Waals surface area contributed by atoms with Gasteiger partial charge in [-0.3, -0.25) is 9.69 Å². The van der Waals surface area contributed by atoms with Crippen LogP contribution in [-0.2, 0) is 16.1 Å². The minimum absolute atomic E-state index is 0.340. The van der Waals surface area contributed by atoms with Gasteiger partial charge in [0.1, 0.15) is 11.5 Å². The number of methoxy groups -OCH3 is 1. The van der Waals surface area contributed by atoms with Crippen molar-refractivity contribution in [1.29, 1.82) is 5.26 Å². The second kappa shape index (κ2) is 8.70. The van der Waals surface area contributed by atoms with Crippen molar-refractivity contribution in [3.05, 3.63) is 47.0 Å². The standard InChI is InChI=1S/C22H24N6O3/c1-14-17(15(2)31-26-14)13-27-8-10-28(11-9-27)21-20(16(12-23)22(29)30-3)24-18-6-4-5-7-19(18)25-21/h4-7,16H,8-11,13H2,1-3H3/t16-/m1/s1. The molecule has 0 saturated carbocycles. The molecule has 0 aliphatic carbocycles. The molecule has 9 heteroatoms. The first kappa shape index (κ1) is 20.8. The smallest absolute Gasteiger partial charge is 0.329 e. The van der Waals surface area contributed by atoms with E-state index in [-0.39, 0.29) is 0 Å². The summed E-state index contributed by atoms with van der Waals surface area (Å²) in [6.45, 7) is 7.64. The Bertz CT molecular complexity index is 1120. The molecule has 2 aromatic heterocycles. The number of aryl methyl sites for hydroxylation is 2. The Hall–Kier alpha value is -3.51. The molecular formula is C22H24N6O3. The van der Waals surface area contributed by atoms with Gasteiger partial charge in [0, 0.05) is 38.3 Å². The van der Waals surface area contributed by atoms with Gasteiger partial charge in [-0.05, 0) is 26.0 Å². The number of carbonyl (C=O) groups is 1. The number of nitrogens with zero attached hydrogens (tertiary/aromatic N) is 6. The van der Waals surface area contributed by atoms with Crippen LogP contribution in [0.2, 0.25) is 0 Å². The lowest BCUT2D eigenvalue weighted by atomic mass is 10.1. The first-order chi connectivity index (χ1) is 15.0. The zero-order valence-electron chi connectivity index (χ0n) is 17.8. The second-order valence-electron chi connectivity index (χ2n) is 7.57. The van der Waals surface area contributed by atoms with E-state index in [4.69, 9.17) is 14.2 Å². The molecule has 1 aromatic carbocycles. The lowest BCUT2D eigenvalue weighted by Gasteiger charge is -2.36. The first-order valence-electron chi connectivity index (χ1n) is 10.1. The maximum Gasteiger partial charge on any atom is 0.329 e. The molecular weight excluding hydrogens is 396 g/mol. The second-order valence-corrected chi connectivity index (χ2v) is 7.57. The summed E-state index contributed by atoms with van der Waals surface area (Å²) in [5.74, 6) is -0.354. The van der Waals surface area contributed by atoms with Crippen LogP contribution in [-0.4, -0.2) is 59.3 Å². The van der Waals surface area contributed by atoms with E-state index >= 15 is 0 Å². The van der Waals surface area contributed by atoms with E-state index in [1.165, 1.54) is 7.11 Å². The molecule has 0 N–H and O–H groups in total. The summed E-state index contributed by atoms with van der Waals surface area (Å²) in [4.78, 5) is 26.1. The van der Waals surface area contributed by atoms with Crippen LogP contribution in [0.1, 0.15) is 28.6 Å². The van der Waals surface area contributed by atoms with Crippen molar-refractivity contribution >= 4 is 22.8 Å². The van der Waals surface area contributed by atoms with Gasteiger partial charge in [0.15, 0.2) is 11.7 Å². The highest BCUT2D eigenvalue weighted by Gasteiger charge is 2.31. The zero-order chi connectivity index (χ0) is 22.0. The quantitative estimate of drug-likeness (QED) is 0.575. The fraction of sp³-hybridized carbons (Fsp3) is 0.409. The number of esters is 1. The average Bonchev–Trinajstić information content (AvgIpc) is 3.11. The number of benzene rings is 1. The zero-order valence-corrected chi connectivity index (χ0v) is 17.8. The number of rotatable bonds is 5. The monoisotopic (exact) mass is 420 g/mol. The predicted octanol–water partition coefficient (Wildman–Crippen LogP) is 2.34. The molecule has 31 heavy (non-hydrogen) atoms. The van der Waals surface area contributed by atoms with Crippen molar-refractivity contribution in [3.8, 4) is 6.07 Å². The number of aromatic nitrogens is 3. The first-order valence-corrected chi connectivity index (χ1v) is 10.1. The highest BCUT2D eigenvalue weighted by atomic mass is 16.5. The van der Waals surface area contributed by atoms with Gasteiger partial charge in [-0.1, -0.05) is 17.3 Å². The molecule has 0 unspecified atom stereocenters. The number of para-hydroxylation sites is 2. The average molecular weight is 420 g/mol. The molecule has 3 heterocycles. The van der Waals surface area contributed by atoms with Gasteiger partial charge >= 0.3 is 5.97 Å². The molecule has 0 amide bonds. The topological polar surface area (TPSA) is 108 Å². The van der Waals surface area contributed by atoms with Gasteiger partial charge in [-0.15, -0.1) is 0 Å². The van der Waals surface area contributed by atoms with E-state index < -0.39 is 11.9 Å². The normalized spacial score (nSPS) is 15.6. The van der Waals surface area contributed by atoms with Crippen LogP contribution in [0.5, 0.6) is 0 Å². The Balaban J connectivity index is 1.61. The molecule has 4 rings (SSSR count). The van der Waals surface area contributed by atoms with Crippen molar-refractivity contribution in [2.75, 3.05) is 38.2 Å². The van der Waals surface area contributed by atoms with E-state index in [2.05, 4.69) is 19.9 Å². The summed E-state index contributed by atoms with van der Waals surface area (Å²) in [5.41, 5.74) is 3.74. The van der Waals surface area contributed by atoms with Crippen molar-refractivity contribution in [2.45, 2.75) is 26.3 Å². The molecule has 1 saturated heterocycles. The van der Waals surface area contributed by atoms with E-state index in [9.17, 15) is 10.1 Å². The van der Waals surface area contributed by atoms with Crippen LogP contribution in [0, 0.1) is 25.2 Å². The molecule has 0 radical (unpaired) electrons. The predicted molar refractivity (Wildman–Crippen MR) is 113 cm³/mol. The molecule has 1 aliphatic rings. The number of carbonyl (C=O) groups excluding carboxylic acids is 1. The highest BCUT2D eigenvalue weighted by molar-refractivity contribution is 5.85. The van der Waals surface area contributed by atoms with E-state index in [1.54, 1.807) is 0 Å². The molecule has 3 aromatic rings. The van der Waals surface area contributed by atoms with Crippen LogP contribution in [0.4, 0.5) is 5.82 Å². The molecule has 160 valence electrons. The third-order valence-corrected chi connectivity index (χ3v) is 5.65. The van der Waals surface area contributed by atoms with Crippen LogP contribution < -0.4 is 4.90 Å². The molecule has 9 nitrogen and oxygen atoms in total. The van der Waals surface area contributed by atoms with E-state index in [0.717, 1.165) is 42.2 Å². The number of hydrogen-bond donors (Lipinski definition) is 0. The SMILES string of the molecule is COC(=O)[C@H](C#N)c1nc2ccccc2nc1N1CCN(Cc2c(C)noc2C)CC1. The summed E-state index contributed by atoms with van der Waals surface area (Å²) in [7, 11) is 1.27. The lowest BCUT2D eigenvalue weighted by Crippen LogP contribution is -2.47. The summed E-state index contributed by atoms with van der Waals surface area (Å²) >= 11 is 0. The Labute approximate surface area is 180 Å². The van der Waals surface area contributed by atoms with Crippen molar-refractivity contribution < 1.29 is 14.1 Å². The number of anilines is 1. The minimum Gasteiger partial charge on any atom is -0.468 e. The van der Waals surface area contributed by atoms with Crippen molar-refractivity contribution in [3.63, 3.8) is 0 Å². The van der Waals surface area contributed by atoms with Gasteiger partial charge in [-0.25, -0.2) is 9.97 Å². The molecule has 0 spiro atoms. The summed E-state index contributed by atoms with van der Waals surface area (Å²) in [6.07, 6.45) is 0. The Morgan fingerprint density at radius 3 is 2.45 bits per heavy atom. The third-order valence-electron chi connectivity index (χ3n) is 5.65. The van der Waals surface area contributed by atoms with E-state index in [1.807, 2.05) is 44.2 Å². The molecule has 1 fully saturated rings. The van der Waals surface area contributed by atoms with Gasteiger partial charge in [0.2, 0.25) is 0 Å². The Morgan fingerprint density at radius 2 is 1.87 bits per heavy atom. The Kier molecular flexibility index (Phi) is 5.82. The fourth-order valence-corrected chi connectivity index (χ4v) is 3.84. The minimum atomic E-state index is -1.13. The summed E-state index contributed by atoms with van der Waals surface area (Å²) in [5, 5.41) is 13.7. The van der Waals surface area contributed by atoms with Gasteiger partial charge in [-0.2, -0.15) is 5.26 Å².